The van der Waals surface area contributed by atoms with E-state index in [1.54, 1.807) is 6.33 Å². The van der Waals surface area contributed by atoms with Gasteiger partial charge in [-0.3, -0.25) is 0 Å². The first-order valence-corrected chi connectivity index (χ1v) is 6.19. The van der Waals surface area contributed by atoms with Gasteiger partial charge in [-0.2, -0.15) is 0 Å². The van der Waals surface area contributed by atoms with Crippen molar-refractivity contribution in [2.75, 3.05) is 12.3 Å². The molecule has 2 aromatic carbocycles. The Bertz CT molecular complexity index is 701. The average Bonchev–Trinajstić information content (AvgIpc) is 2.83. The zero-order chi connectivity index (χ0) is 13.2. The molecule has 1 aromatic heterocycles. The van der Waals surface area contributed by atoms with Crippen LogP contribution < -0.4 is 5.73 Å². The molecule has 0 aliphatic rings. The highest BCUT2D eigenvalue weighted by atomic mass is 16.3. The van der Waals surface area contributed by atoms with E-state index in [4.69, 9.17) is 10.8 Å². The maximum absolute atomic E-state index is 9.00. The van der Waals surface area contributed by atoms with Gasteiger partial charge in [-0.15, -0.1) is 0 Å². The molecule has 19 heavy (non-hydrogen) atoms. The van der Waals surface area contributed by atoms with Gasteiger partial charge in [0.1, 0.15) is 0 Å². The van der Waals surface area contributed by atoms with E-state index in [1.165, 1.54) is 0 Å². The lowest BCUT2D eigenvalue weighted by Gasteiger charge is -2.04. The van der Waals surface area contributed by atoms with Crippen LogP contribution in [-0.4, -0.2) is 21.3 Å². The molecular formula is C15H15N3O. The zero-order valence-electron chi connectivity index (χ0n) is 10.5. The minimum absolute atomic E-state index is 0.116. The lowest BCUT2D eigenvalue weighted by molar-refractivity contribution is 0.278. The molecule has 0 amide bonds. The number of nitrogens with two attached hydrogens (primary N) is 1. The molecule has 3 rings (SSSR count). The highest BCUT2D eigenvalue weighted by molar-refractivity contribution is 5.82. The van der Waals surface area contributed by atoms with Crippen molar-refractivity contribution < 1.29 is 5.11 Å². The van der Waals surface area contributed by atoms with Crippen LogP contribution in [0, 0.1) is 0 Å². The van der Waals surface area contributed by atoms with Gasteiger partial charge in [0, 0.05) is 12.2 Å². The van der Waals surface area contributed by atoms with Crippen molar-refractivity contribution >= 4 is 16.7 Å². The normalized spacial score (nSPS) is 11.0. The predicted molar refractivity (Wildman–Crippen MR) is 76.7 cm³/mol. The van der Waals surface area contributed by atoms with Crippen LogP contribution in [0.25, 0.3) is 22.2 Å². The minimum atomic E-state index is 0.116. The second-order valence-electron chi connectivity index (χ2n) is 4.49. The van der Waals surface area contributed by atoms with Crippen molar-refractivity contribution in [2.24, 2.45) is 0 Å². The van der Waals surface area contributed by atoms with Crippen LogP contribution in [0.4, 0.5) is 5.69 Å². The smallest absolute Gasteiger partial charge is 0.0959 e. The molecule has 0 unspecified atom stereocenters. The first-order chi connectivity index (χ1) is 9.28. The number of benzene rings is 2. The van der Waals surface area contributed by atoms with Gasteiger partial charge in [-0.05, 0) is 35.4 Å². The molecule has 0 bridgehead atoms. The molecule has 0 aliphatic heterocycles. The van der Waals surface area contributed by atoms with Crippen LogP contribution in [0.15, 0.2) is 48.8 Å². The Morgan fingerprint density at radius 3 is 2.53 bits per heavy atom. The van der Waals surface area contributed by atoms with Crippen molar-refractivity contribution in [3.8, 4) is 11.1 Å². The molecule has 0 fully saturated rings. The molecule has 0 spiro atoms. The van der Waals surface area contributed by atoms with Crippen LogP contribution in [0.5, 0.6) is 0 Å². The molecule has 0 saturated carbocycles. The second kappa shape index (κ2) is 4.74. The van der Waals surface area contributed by atoms with Crippen LogP contribution >= 0.6 is 0 Å². The summed E-state index contributed by atoms with van der Waals surface area (Å²) in [5.74, 6) is 0. The van der Waals surface area contributed by atoms with E-state index in [0.29, 0.717) is 6.54 Å². The summed E-state index contributed by atoms with van der Waals surface area (Å²) < 4.78 is 1.95. The summed E-state index contributed by atoms with van der Waals surface area (Å²) in [4.78, 5) is 4.37. The minimum Gasteiger partial charge on any atom is -0.399 e. The number of anilines is 1. The summed E-state index contributed by atoms with van der Waals surface area (Å²) in [6.07, 6.45) is 1.76. The second-order valence-corrected chi connectivity index (χ2v) is 4.49. The zero-order valence-corrected chi connectivity index (χ0v) is 10.5. The Kier molecular flexibility index (Phi) is 2.93. The fourth-order valence-corrected chi connectivity index (χ4v) is 2.20. The molecule has 3 aromatic rings. The largest absolute Gasteiger partial charge is 0.399 e. The van der Waals surface area contributed by atoms with Crippen LogP contribution in [-0.2, 0) is 6.54 Å². The fourth-order valence-electron chi connectivity index (χ4n) is 2.20. The van der Waals surface area contributed by atoms with Gasteiger partial charge in [0.25, 0.3) is 0 Å². The van der Waals surface area contributed by atoms with Crippen LogP contribution in [0.1, 0.15) is 0 Å². The lowest BCUT2D eigenvalue weighted by Crippen LogP contribution is -1.99. The first kappa shape index (κ1) is 11.7. The summed E-state index contributed by atoms with van der Waals surface area (Å²) in [7, 11) is 0. The number of nitrogens with zero attached hydrogens (tertiary/aromatic N) is 2. The Morgan fingerprint density at radius 2 is 1.79 bits per heavy atom. The van der Waals surface area contributed by atoms with Gasteiger partial charge < -0.3 is 15.4 Å². The molecular weight excluding hydrogens is 238 g/mol. The number of hydrogen-bond donors (Lipinski definition) is 2. The number of imidazole rings is 1. The third-order valence-electron chi connectivity index (χ3n) is 3.21. The number of aromatic nitrogens is 2. The maximum atomic E-state index is 9.00. The molecule has 1 heterocycles. The molecule has 4 nitrogen and oxygen atoms in total. The van der Waals surface area contributed by atoms with Crippen molar-refractivity contribution in [1.29, 1.82) is 0 Å². The van der Waals surface area contributed by atoms with Crippen molar-refractivity contribution in [3.63, 3.8) is 0 Å². The first-order valence-electron chi connectivity index (χ1n) is 6.19. The monoisotopic (exact) mass is 253 g/mol. The van der Waals surface area contributed by atoms with E-state index in [1.807, 2.05) is 34.9 Å². The number of hydrogen-bond acceptors (Lipinski definition) is 3. The summed E-state index contributed by atoms with van der Waals surface area (Å²) in [5, 5.41) is 9.00. The van der Waals surface area contributed by atoms with Gasteiger partial charge in [-0.1, -0.05) is 18.2 Å². The van der Waals surface area contributed by atoms with Crippen molar-refractivity contribution in [3.05, 3.63) is 48.8 Å². The Balaban J connectivity index is 2.04. The number of aliphatic hydroxyl groups is 1. The quantitative estimate of drug-likeness (QED) is 0.704. The van der Waals surface area contributed by atoms with Gasteiger partial charge in [0.15, 0.2) is 0 Å². The predicted octanol–water partition coefficient (Wildman–Crippen LogP) is 2.28. The third kappa shape index (κ3) is 2.18. The molecule has 0 saturated heterocycles. The SMILES string of the molecule is Nc1ccc(-c2ccc3c(c2)ncn3CCO)cc1. The molecule has 0 aliphatic carbocycles. The molecule has 3 N–H and O–H groups in total. The molecule has 4 heteroatoms. The topological polar surface area (TPSA) is 64.1 Å². The Morgan fingerprint density at radius 1 is 1.05 bits per heavy atom. The summed E-state index contributed by atoms with van der Waals surface area (Å²) in [6, 6.07) is 13.9. The Labute approximate surface area is 111 Å². The molecule has 96 valence electrons. The molecule has 0 radical (unpaired) electrons. The van der Waals surface area contributed by atoms with Crippen molar-refractivity contribution in [2.45, 2.75) is 6.54 Å². The summed E-state index contributed by atoms with van der Waals surface area (Å²) >= 11 is 0. The number of fused-ring (bicyclic) bond motifs is 1. The molecule has 0 atom stereocenters. The Hall–Kier alpha value is -2.33. The van der Waals surface area contributed by atoms with Gasteiger partial charge in [0.2, 0.25) is 0 Å². The van der Waals surface area contributed by atoms with Gasteiger partial charge >= 0.3 is 0 Å². The standard InChI is InChI=1S/C15H15N3O/c16-13-4-1-11(2-5-13)12-3-6-15-14(9-12)17-10-18(15)7-8-19/h1-6,9-10,19H,7-8,16H2. The van der Waals surface area contributed by atoms with Gasteiger partial charge in [0.05, 0.1) is 24.0 Å². The summed E-state index contributed by atoms with van der Waals surface area (Å²) in [6.45, 7) is 0.683. The lowest BCUT2D eigenvalue weighted by atomic mass is 10.0. The summed E-state index contributed by atoms with van der Waals surface area (Å²) in [5.41, 5.74) is 10.7. The number of aliphatic hydroxyl groups excluding tert-OH is 1. The third-order valence-corrected chi connectivity index (χ3v) is 3.21. The van der Waals surface area contributed by atoms with E-state index in [0.717, 1.165) is 27.8 Å². The number of rotatable bonds is 3. The van der Waals surface area contributed by atoms with E-state index < -0.39 is 0 Å². The maximum Gasteiger partial charge on any atom is 0.0959 e. The van der Waals surface area contributed by atoms with E-state index in [2.05, 4.69) is 17.1 Å². The highest BCUT2D eigenvalue weighted by Crippen LogP contribution is 2.24. The average molecular weight is 253 g/mol. The van der Waals surface area contributed by atoms with E-state index in [-0.39, 0.29) is 6.61 Å². The van der Waals surface area contributed by atoms with E-state index in [9.17, 15) is 0 Å². The number of nitrogen functional groups attached to an aromatic ring is 1. The fraction of sp³-hybridized carbons (Fsp3) is 0.133. The van der Waals surface area contributed by atoms with Crippen LogP contribution in [0.3, 0.4) is 0 Å². The van der Waals surface area contributed by atoms with E-state index >= 15 is 0 Å². The van der Waals surface area contributed by atoms with Crippen LogP contribution in [0.2, 0.25) is 0 Å². The highest BCUT2D eigenvalue weighted by Gasteiger charge is 2.04. The van der Waals surface area contributed by atoms with Crippen molar-refractivity contribution in [1.82, 2.24) is 9.55 Å². The van der Waals surface area contributed by atoms with Gasteiger partial charge in [-0.25, -0.2) is 4.98 Å².